The van der Waals surface area contributed by atoms with Gasteiger partial charge in [-0.05, 0) is 59.8 Å². The van der Waals surface area contributed by atoms with Crippen LogP contribution in [-0.2, 0) is 0 Å². The predicted molar refractivity (Wildman–Crippen MR) is 83.6 cm³/mol. The Bertz CT molecular complexity index is 484. The van der Waals surface area contributed by atoms with E-state index in [1.54, 1.807) is 11.0 Å². The molecule has 2 N–H and O–H groups in total. The molecule has 1 amide bonds. The highest BCUT2D eigenvalue weighted by atomic mass is 79.9. The first kappa shape index (κ1) is 17.4. The van der Waals surface area contributed by atoms with E-state index in [9.17, 15) is 9.18 Å². The smallest absolute Gasteiger partial charge is 0.255 e. The van der Waals surface area contributed by atoms with Gasteiger partial charge in [-0.2, -0.15) is 0 Å². The fourth-order valence-corrected chi connectivity index (χ4v) is 2.87. The highest BCUT2D eigenvalue weighted by Crippen LogP contribution is 2.24. The number of piperidine rings is 1. The molecule has 3 nitrogen and oxygen atoms in total. The molecule has 0 bridgehead atoms. The molecule has 1 saturated heterocycles. The Morgan fingerprint density at radius 1 is 1.55 bits per heavy atom. The Morgan fingerprint density at radius 3 is 2.90 bits per heavy atom. The van der Waals surface area contributed by atoms with Crippen molar-refractivity contribution in [3.63, 3.8) is 0 Å². The van der Waals surface area contributed by atoms with E-state index in [4.69, 9.17) is 5.73 Å². The number of nitrogens with zero attached hydrogens (tertiary/aromatic N) is 1. The zero-order valence-electron chi connectivity index (χ0n) is 11.3. The predicted octanol–water partition coefficient (Wildman–Crippen LogP) is 3.21. The summed E-state index contributed by atoms with van der Waals surface area (Å²) in [4.78, 5) is 14.2. The molecule has 2 rings (SSSR count). The van der Waals surface area contributed by atoms with E-state index in [0.29, 0.717) is 29.0 Å². The standard InChI is InChI=1S/C14H18BrFN2O.ClH/c1-9(17)10-3-2-6-18(8-10)14(19)12-7-11(16)4-5-13(12)15;/h4-5,7,9-10H,2-3,6,8,17H2,1H3;1H. The fourth-order valence-electron chi connectivity index (χ4n) is 2.46. The summed E-state index contributed by atoms with van der Waals surface area (Å²) in [5, 5.41) is 0. The maximum Gasteiger partial charge on any atom is 0.255 e. The first-order valence-corrected chi connectivity index (χ1v) is 7.28. The molecule has 6 heteroatoms. The minimum atomic E-state index is -0.396. The van der Waals surface area contributed by atoms with E-state index >= 15 is 0 Å². The number of carbonyl (C=O) groups excluding carboxylic acids is 1. The molecular formula is C14H19BrClFN2O. The SMILES string of the molecule is CC(N)C1CCCN(C(=O)c2cc(F)ccc2Br)C1.Cl. The van der Waals surface area contributed by atoms with Gasteiger partial charge >= 0.3 is 0 Å². The lowest BCUT2D eigenvalue weighted by Gasteiger charge is -2.34. The van der Waals surface area contributed by atoms with Crippen LogP contribution in [0.2, 0.25) is 0 Å². The molecule has 2 unspecified atom stereocenters. The molecule has 0 spiro atoms. The van der Waals surface area contributed by atoms with Crippen LogP contribution in [0, 0.1) is 11.7 Å². The Labute approximate surface area is 133 Å². The number of halogens is 3. The minimum Gasteiger partial charge on any atom is -0.338 e. The van der Waals surface area contributed by atoms with Crippen molar-refractivity contribution < 1.29 is 9.18 Å². The highest BCUT2D eigenvalue weighted by molar-refractivity contribution is 9.10. The second-order valence-corrected chi connectivity index (χ2v) is 5.99. The van der Waals surface area contributed by atoms with Gasteiger partial charge in [0.15, 0.2) is 0 Å². The van der Waals surface area contributed by atoms with Crippen molar-refractivity contribution >= 4 is 34.2 Å². The van der Waals surface area contributed by atoms with E-state index in [-0.39, 0.29) is 24.4 Å². The van der Waals surface area contributed by atoms with Crippen LogP contribution in [0.25, 0.3) is 0 Å². The number of benzene rings is 1. The maximum atomic E-state index is 13.3. The Balaban J connectivity index is 0.00000200. The molecule has 112 valence electrons. The number of amides is 1. The summed E-state index contributed by atoms with van der Waals surface area (Å²) in [6, 6.07) is 4.26. The first-order chi connectivity index (χ1) is 8.99. The zero-order valence-corrected chi connectivity index (χ0v) is 13.7. The van der Waals surface area contributed by atoms with E-state index in [0.717, 1.165) is 12.8 Å². The van der Waals surface area contributed by atoms with Crippen LogP contribution in [0.3, 0.4) is 0 Å². The van der Waals surface area contributed by atoms with E-state index in [1.807, 2.05) is 6.92 Å². The number of nitrogens with two attached hydrogens (primary N) is 1. The molecule has 20 heavy (non-hydrogen) atoms. The molecule has 2 atom stereocenters. The van der Waals surface area contributed by atoms with Gasteiger partial charge < -0.3 is 10.6 Å². The third-order valence-electron chi connectivity index (χ3n) is 3.65. The van der Waals surface area contributed by atoms with Crippen molar-refractivity contribution in [1.29, 1.82) is 0 Å². The maximum absolute atomic E-state index is 13.3. The van der Waals surface area contributed by atoms with Gasteiger partial charge in [0.1, 0.15) is 5.82 Å². The van der Waals surface area contributed by atoms with E-state index in [2.05, 4.69) is 15.9 Å². The van der Waals surface area contributed by atoms with Gasteiger partial charge in [0, 0.05) is 23.6 Å². The average Bonchev–Trinajstić information content (AvgIpc) is 2.41. The second kappa shape index (κ2) is 7.38. The first-order valence-electron chi connectivity index (χ1n) is 6.49. The molecule has 0 aliphatic carbocycles. The Kier molecular flexibility index (Phi) is 6.43. The molecule has 1 aliphatic rings. The van der Waals surface area contributed by atoms with Crippen molar-refractivity contribution in [3.05, 3.63) is 34.1 Å². The summed E-state index contributed by atoms with van der Waals surface area (Å²) >= 11 is 3.30. The summed E-state index contributed by atoms with van der Waals surface area (Å²) in [6.07, 6.45) is 2.00. The Morgan fingerprint density at radius 2 is 2.25 bits per heavy atom. The monoisotopic (exact) mass is 364 g/mol. The van der Waals surface area contributed by atoms with Crippen LogP contribution < -0.4 is 5.73 Å². The van der Waals surface area contributed by atoms with Crippen molar-refractivity contribution in [2.45, 2.75) is 25.8 Å². The lowest BCUT2D eigenvalue weighted by atomic mass is 9.92. The summed E-state index contributed by atoms with van der Waals surface area (Å²) < 4.78 is 13.9. The van der Waals surface area contributed by atoms with Crippen molar-refractivity contribution in [1.82, 2.24) is 4.90 Å². The quantitative estimate of drug-likeness (QED) is 0.875. The van der Waals surface area contributed by atoms with Gasteiger partial charge in [-0.15, -0.1) is 12.4 Å². The van der Waals surface area contributed by atoms with Gasteiger partial charge in [-0.3, -0.25) is 4.79 Å². The van der Waals surface area contributed by atoms with Crippen molar-refractivity contribution in [2.24, 2.45) is 11.7 Å². The molecule has 1 aliphatic heterocycles. The molecule has 0 aromatic heterocycles. The van der Waals surface area contributed by atoms with Gasteiger partial charge in [0.25, 0.3) is 5.91 Å². The van der Waals surface area contributed by atoms with Crippen LogP contribution in [0.5, 0.6) is 0 Å². The second-order valence-electron chi connectivity index (χ2n) is 5.14. The molecular weight excluding hydrogens is 347 g/mol. The normalized spacial score (nSPS) is 20.2. The topological polar surface area (TPSA) is 46.3 Å². The highest BCUT2D eigenvalue weighted by Gasteiger charge is 2.27. The zero-order chi connectivity index (χ0) is 14.0. The lowest BCUT2D eigenvalue weighted by molar-refractivity contribution is 0.0659. The van der Waals surface area contributed by atoms with Crippen LogP contribution in [0.1, 0.15) is 30.1 Å². The molecule has 1 fully saturated rings. The number of carbonyl (C=O) groups is 1. The number of hydrogen-bond donors (Lipinski definition) is 1. The Hall–Kier alpha value is -0.650. The lowest BCUT2D eigenvalue weighted by Crippen LogP contribution is -2.45. The molecule has 1 heterocycles. The summed E-state index contributed by atoms with van der Waals surface area (Å²) in [5.41, 5.74) is 6.29. The minimum absolute atomic E-state index is 0. The van der Waals surface area contributed by atoms with Crippen LogP contribution in [0.4, 0.5) is 4.39 Å². The van der Waals surface area contributed by atoms with E-state index < -0.39 is 5.82 Å². The molecule has 1 aromatic rings. The van der Waals surface area contributed by atoms with Crippen LogP contribution in [-0.4, -0.2) is 29.9 Å². The number of likely N-dealkylation sites (tertiary alicyclic amines) is 1. The summed E-state index contributed by atoms with van der Waals surface area (Å²) in [5.74, 6) is -0.200. The average molecular weight is 366 g/mol. The van der Waals surface area contributed by atoms with Crippen LogP contribution >= 0.6 is 28.3 Å². The van der Waals surface area contributed by atoms with Gasteiger partial charge in [-0.1, -0.05) is 0 Å². The molecule has 0 radical (unpaired) electrons. The summed E-state index contributed by atoms with van der Waals surface area (Å²) in [7, 11) is 0. The summed E-state index contributed by atoms with van der Waals surface area (Å²) in [6.45, 7) is 3.33. The van der Waals surface area contributed by atoms with Gasteiger partial charge in [-0.25, -0.2) is 4.39 Å². The van der Waals surface area contributed by atoms with Crippen LogP contribution in [0.15, 0.2) is 22.7 Å². The van der Waals surface area contributed by atoms with Gasteiger partial charge in [0.2, 0.25) is 0 Å². The molecule has 1 aromatic carbocycles. The largest absolute Gasteiger partial charge is 0.338 e. The third kappa shape index (κ3) is 3.93. The van der Waals surface area contributed by atoms with Crippen molar-refractivity contribution in [3.8, 4) is 0 Å². The molecule has 0 saturated carbocycles. The number of rotatable bonds is 2. The third-order valence-corrected chi connectivity index (χ3v) is 4.34. The fraction of sp³-hybridized carbons (Fsp3) is 0.500. The van der Waals surface area contributed by atoms with Crippen molar-refractivity contribution in [2.75, 3.05) is 13.1 Å². The van der Waals surface area contributed by atoms with E-state index in [1.165, 1.54) is 12.1 Å². The number of hydrogen-bond acceptors (Lipinski definition) is 2. The van der Waals surface area contributed by atoms with Gasteiger partial charge in [0.05, 0.1) is 5.56 Å².